The summed E-state index contributed by atoms with van der Waals surface area (Å²) in [5, 5.41) is 17.5. The Hall–Kier alpha value is -1.53. The molecule has 0 fully saturated rings. The highest BCUT2D eigenvalue weighted by Crippen LogP contribution is 2.19. The van der Waals surface area contributed by atoms with E-state index in [1.807, 2.05) is 13.0 Å². The van der Waals surface area contributed by atoms with E-state index in [1.165, 1.54) is 0 Å². The highest BCUT2D eigenvalue weighted by Gasteiger charge is 2.10. The second-order valence-corrected chi connectivity index (χ2v) is 3.51. The maximum atomic E-state index is 10.6. The molecule has 0 unspecified atom stereocenters. The van der Waals surface area contributed by atoms with Gasteiger partial charge in [-0.15, -0.1) is 11.6 Å². The van der Waals surface area contributed by atoms with Gasteiger partial charge in [-0.2, -0.15) is 5.26 Å². The third kappa shape index (κ3) is 2.71. The lowest BCUT2D eigenvalue weighted by Crippen LogP contribution is -2.05. The number of benzene rings is 1. The van der Waals surface area contributed by atoms with E-state index in [9.17, 15) is 4.79 Å². The monoisotopic (exact) mass is 223 g/mol. The summed E-state index contributed by atoms with van der Waals surface area (Å²) in [6.45, 7) is 1.82. The summed E-state index contributed by atoms with van der Waals surface area (Å²) in [7, 11) is 0. The number of rotatable bonds is 3. The van der Waals surface area contributed by atoms with Crippen LogP contribution in [0.25, 0.3) is 0 Å². The zero-order chi connectivity index (χ0) is 11.4. The first kappa shape index (κ1) is 11.5. The molecule has 0 bridgehead atoms. The molecule has 0 aliphatic carbocycles. The normalized spacial score (nSPS) is 9.67. The van der Waals surface area contributed by atoms with Gasteiger partial charge < -0.3 is 5.11 Å². The molecule has 3 nitrogen and oxygen atoms in total. The van der Waals surface area contributed by atoms with E-state index >= 15 is 0 Å². The first-order valence-corrected chi connectivity index (χ1v) is 4.92. The standard InChI is InChI=1S/C11H10ClNO2/c1-7-2-8(6-13)3-9(4-11(14)15)10(7)5-12/h2-3H,4-5H2,1H3,(H,14,15). The minimum Gasteiger partial charge on any atom is -0.481 e. The average molecular weight is 224 g/mol. The quantitative estimate of drug-likeness (QED) is 0.800. The Balaban J connectivity index is 3.27. The number of carboxylic acid groups (broad SMARTS) is 1. The van der Waals surface area contributed by atoms with E-state index < -0.39 is 5.97 Å². The number of hydrogen-bond donors (Lipinski definition) is 1. The smallest absolute Gasteiger partial charge is 0.307 e. The summed E-state index contributed by atoms with van der Waals surface area (Å²) >= 11 is 5.74. The number of hydrogen-bond acceptors (Lipinski definition) is 2. The van der Waals surface area contributed by atoms with Crippen molar-refractivity contribution in [2.24, 2.45) is 0 Å². The van der Waals surface area contributed by atoms with Gasteiger partial charge in [0.05, 0.1) is 18.1 Å². The number of aliphatic carboxylic acids is 1. The number of carboxylic acids is 1. The first-order valence-electron chi connectivity index (χ1n) is 4.38. The van der Waals surface area contributed by atoms with E-state index in [1.54, 1.807) is 12.1 Å². The number of nitrogens with zero attached hydrogens (tertiary/aromatic N) is 1. The molecule has 1 N–H and O–H groups in total. The minimum absolute atomic E-state index is 0.0988. The molecule has 1 rings (SSSR count). The van der Waals surface area contributed by atoms with Gasteiger partial charge in [-0.05, 0) is 35.7 Å². The molecule has 15 heavy (non-hydrogen) atoms. The number of aryl methyl sites for hydroxylation is 1. The molecule has 0 heterocycles. The fourth-order valence-corrected chi connectivity index (χ4v) is 1.85. The van der Waals surface area contributed by atoms with Crippen molar-refractivity contribution < 1.29 is 9.90 Å². The molecule has 0 saturated heterocycles. The van der Waals surface area contributed by atoms with Gasteiger partial charge in [0.2, 0.25) is 0 Å². The Morgan fingerprint density at radius 2 is 2.27 bits per heavy atom. The zero-order valence-corrected chi connectivity index (χ0v) is 9.01. The van der Waals surface area contributed by atoms with Crippen molar-refractivity contribution in [3.63, 3.8) is 0 Å². The molecule has 0 radical (unpaired) electrons. The summed E-state index contributed by atoms with van der Waals surface area (Å²) < 4.78 is 0. The van der Waals surface area contributed by atoms with Crippen LogP contribution >= 0.6 is 11.6 Å². The van der Waals surface area contributed by atoms with Crippen LogP contribution in [0.1, 0.15) is 22.3 Å². The molecule has 0 spiro atoms. The lowest BCUT2D eigenvalue weighted by Gasteiger charge is -2.09. The van der Waals surface area contributed by atoms with Crippen LogP contribution in [-0.4, -0.2) is 11.1 Å². The van der Waals surface area contributed by atoms with Crippen molar-refractivity contribution in [2.75, 3.05) is 0 Å². The van der Waals surface area contributed by atoms with E-state index in [0.717, 1.165) is 11.1 Å². The van der Waals surface area contributed by atoms with Gasteiger partial charge in [-0.3, -0.25) is 4.79 Å². The maximum absolute atomic E-state index is 10.6. The molecule has 4 heteroatoms. The van der Waals surface area contributed by atoms with Crippen LogP contribution in [0.3, 0.4) is 0 Å². The molecular weight excluding hydrogens is 214 g/mol. The highest BCUT2D eigenvalue weighted by molar-refractivity contribution is 6.17. The van der Waals surface area contributed by atoms with Gasteiger partial charge in [0, 0.05) is 5.88 Å². The molecule has 0 atom stereocenters. The largest absolute Gasteiger partial charge is 0.481 e. The van der Waals surface area contributed by atoms with Crippen molar-refractivity contribution in [2.45, 2.75) is 19.2 Å². The average Bonchev–Trinajstić information content (AvgIpc) is 2.16. The Morgan fingerprint density at radius 3 is 2.73 bits per heavy atom. The van der Waals surface area contributed by atoms with Crippen LogP contribution in [-0.2, 0) is 17.1 Å². The number of nitriles is 1. The lowest BCUT2D eigenvalue weighted by atomic mass is 9.98. The van der Waals surface area contributed by atoms with E-state index in [0.29, 0.717) is 11.1 Å². The number of carbonyl (C=O) groups is 1. The van der Waals surface area contributed by atoms with Gasteiger partial charge >= 0.3 is 5.97 Å². The zero-order valence-electron chi connectivity index (χ0n) is 8.25. The van der Waals surface area contributed by atoms with Crippen LogP contribution in [0.15, 0.2) is 12.1 Å². The Morgan fingerprint density at radius 1 is 1.60 bits per heavy atom. The number of alkyl halides is 1. The Labute approximate surface area is 92.9 Å². The van der Waals surface area contributed by atoms with Crippen LogP contribution < -0.4 is 0 Å². The second-order valence-electron chi connectivity index (χ2n) is 3.25. The van der Waals surface area contributed by atoms with E-state index in [-0.39, 0.29) is 12.3 Å². The topological polar surface area (TPSA) is 61.1 Å². The van der Waals surface area contributed by atoms with Crippen molar-refractivity contribution >= 4 is 17.6 Å². The van der Waals surface area contributed by atoms with Gasteiger partial charge in [0.15, 0.2) is 0 Å². The SMILES string of the molecule is Cc1cc(C#N)cc(CC(=O)O)c1CCl. The highest BCUT2D eigenvalue weighted by atomic mass is 35.5. The van der Waals surface area contributed by atoms with E-state index in [4.69, 9.17) is 22.0 Å². The lowest BCUT2D eigenvalue weighted by molar-refractivity contribution is -0.136. The fourth-order valence-electron chi connectivity index (χ4n) is 1.47. The maximum Gasteiger partial charge on any atom is 0.307 e. The predicted molar refractivity (Wildman–Crippen MR) is 56.8 cm³/mol. The van der Waals surface area contributed by atoms with Gasteiger partial charge in [0.1, 0.15) is 0 Å². The van der Waals surface area contributed by atoms with E-state index in [2.05, 4.69) is 0 Å². The molecule has 0 aromatic heterocycles. The van der Waals surface area contributed by atoms with Crippen molar-refractivity contribution in [3.05, 3.63) is 34.4 Å². The van der Waals surface area contributed by atoms with Crippen molar-refractivity contribution in [1.82, 2.24) is 0 Å². The molecule has 1 aromatic rings. The summed E-state index contributed by atoms with van der Waals surface area (Å²) in [6.07, 6.45) is -0.0988. The van der Waals surface area contributed by atoms with Crippen molar-refractivity contribution in [3.8, 4) is 6.07 Å². The molecule has 0 saturated carbocycles. The predicted octanol–water partition coefficient (Wildman–Crippen LogP) is 2.23. The van der Waals surface area contributed by atoms with Crippen LogP contribution in [0, 0.1) is 18.3 Å². The second kappa shape index (κ2) is 4.81. The summed E-state index contributed by atoms with van der Waals surface area (Å²) in [5.41, 5.74) is 2.75. The van der Waals surface area contributed by atoms with Crippen LogP contribution in [0.2, 0.25) is 0 Å². The van der Waals surface area contributed by atoms with Gasteiger partial charge in [-0.25, -0.2) is 0 Å². The Bertz CT molecular complexity index is 435. The fraction of sp³-hybridized carbons (Fsp3) is 0.273. The summed E-state index contributed by atoms with van der Waals surface area (Å²) in [6, 6.07) is 5.29. The van der Waals surface area contributed by atoms with Crippen LogP contribution in [0.5, 0.6) is 0 Å². The third-order valence-electron chi connectivity index (χ3n) is 2.17. The molecule has 1 aromatic carbocycles. The third-order valence-corrected chi connectivity index (χ3v) is 2.44. The van der Waals surface area contributed by atoms with Crippen LogP contribution in [0.4, 0.5) is 0 Å². The minimum atomic E-state index is -0.921. The molecule has 0 aliphatic heterocycles. The van der Waals surface area contributed by atoms with Crippen molar-refractivity contribution in [1.29, 1.82) is 5.26 Å². The number of halogens is 1. The molecule has 0 aliphatic rings. The summed E-state index contributed by atoms with van der Waals surface area (Å²) in [5.74, 6) is -0.656. The molecule has 0 amide bonds. The Kier molecular flexibility index (Phi) is 3.70. The van der Waals surface area contributed by atoms with Gasteiger partial charge in [-0.1, -0.05) is 0 Å². The summed E-state index contributed by atoms with van der Waals surface area (Å²) in [4.78, 5) is 10.6. The molecule has 78 valence electrons. The van der Waals surface area contributed by atoms with Gasteiger partial charge in [0.25, 0.3) is 0 Å². The first-order chi connectivity index (χ1) is 7.08. The molecular formula is C11H10ClNO2.